The Morgan fingerprint density at radius 3 is 2.43 bits per heavy atom. The molecule has 0 unspecified atom stereocenters. The molecule has 0 atom stereocenters. The molecule has 8 nitrogen and oxygen atoms in total. The van der Waals surface area contributed by atoms with E-state index in [9.17, 15) is 19.7 Å². The van der Waals surface area contributed by atoms with Gasteiger partial charge in [-0.05, 0) is 24.3 Å². The predicted octanol–water partition coefficient (Wildman–Crippen LogP) is 1.86. The van der Waals surface area contributed by atoms with Crippen molar-refractivity contribution in [3.8, 4) is 11.4 Å². The number of nitrogens with zero attached hydrogens (tertiary/aromatic N) is 2. The standard InChI is InChI=1S/C15H10N2O6/c1-22-11-6-7-12-13(8-11)23-15(19)16(14(12)18)9-2-4-10(5-3-9)17(20)21/h2-8H,1H3. The second-order valence-electron chi connectivity index (χ2n) is 4.64. The summed E-state index contributed by atoms with van der Waals surface area (Å²) in [6, 6.07) is 9.54. The fourth-order valence-electron chi connectivity index (χ4n) is 2.18. The number of benzene rings is 2. The average Bonchev–Trinajstić information content (AvgIpc) is 2.54. The van der Waals surface area contributed by atoms with E-state index >= 15 is 0 Å². The first-order valence-electron chi connectivity index (χ1n) is 6.50. The van der Waals surface area contributed by atoms with Gasteiger partial charge < -0.3 is 9.15 Å². The van der Waals surface area contributed by atoms with Gasteiger partial charge in [-0.25, -0.2) is 9.36 Å². The summed E-state index contributed by atoms with van der Waals surface area (Å²) in [5.74, 6) is -0.433. The van der Waals surface area contributed by atoms with Crippen molar-refractivity contribution in [1.82, 2.24) is 4.57 Å². The lowest BCUT2D eigenvalue weighted by Gasteiger charge is -2.06. The van der Waals surface area contributed by atoms with Crippen LogP contribution in [0.25, 0.3) is 16.7 Å². The third-order valence-electron chi connectivity index (χ3n) is 3.32. The maximum atomic E-state index is 12.5. The Bertz CT molecular complexity index is 1020. The van der Waals surface area contributed by atoms with Gasteiger partial charge in [-0.3, -0.25) is 14.9 Å². The van der Waals surface area contributed by atoms with Crippen molar-refractivity contribution in [2.45, 2.75) is 0 Å². The van der Waals surface area contributed by atoms with Crippen LogP contribution < -0.4 is 16.1 Å². The normalized spacial score (nSPS) is 10.7. The Balaban J connectivity index is 2.24. The smallest absolute Gasteiger partial charge is 0.426 e. The number of methoxy groups -OCH3 is 1. The molecule has 3 aromatic rings. The van der Waals surface area contributed by atoms with Crippen molar-refractivity contribution < 1.29 is 14.1 Å². The number of nitro benzene ring substituents is 1. The molecule has 8 heteroatoms. The molecule has 23 heavy (non-hydrogen) atoms. The molecule has 0 saturated heterocycles. The van der Waals surface area contributed by atoms with E-state index in [0.29, 0.717) is 5.75 Å². The molecule has 0 N–H and O–H groups in total. The van der Waals surface area contributed by atoms with Crippen LogP contribution in [0, 0.1) is 10.1 Å². The van der Waals surface area contributed by atoms with E-state index in [1.54, 1.807) is 6.07 Å². The molecule has 116 valence electrons. The van der Waals surface area contributed by atoms with Crippen molar-refractivity contribution in [2.75, 3.05) is 7.11 Å². The van der Waals surface area contributed by atoms with Gasteiger partial charge >= 0.3 is 5.76 Å². The van der Waals surface area contributed by atoms with E-state index < -0.39 is 16.2 Å². The molecule has 0 saturated carbocycles. The zero-order valence-corrected chi connectivity index (χ0v) is 11.9. The van der Waals surface area contributed by atoms with Gasteiger partial charge in [0, 0.05) is 18.2 Å². The van der Waals surface area contributed by atoms with Crippen LogP contribution in [0.15, 0.2) is 56.5 Å². The quantitative estimate of drug-likeness (QED) is 0.540. The Hall–Kier alpha value is -3.42. The van der Waals surface area contributed by atoms with Crippen LogP contribution in [0.1, 0.15) is 0 Å². The topological polar surface area (TPSA) is 105 Å². The summed E-state index contributed by atoms with van der Waals surface area (Å²) < 4.78 is 11.0. The number of hydrogen-bond acceptors (Lipinski definition) is 6. The van der Waals surface area contributed by atoms with Gasteiger partial charge in [-0.2, -0.15) is 0 Å². The van der Waals surface area contributed by atoms with E-state index in [0.717, 1.165) is 4.57 Å². The minimum absolute atomic E-state index is 0.109. The van der Waals surface area contributed by atoms with Gasteiger partial charge in [-0.1, -0.05) is 0 Å². The Kier molecular flexibility index (Phi) is 3.41. The Morgan fingerprint density at radius 2 is 1.83 bits per heavy atom. The molecule has 0 aliphatic heterocycles. The monoisotopic (exact) mass is 314 g/mol. The number of rotatable bonds is 3. The lowest BCUT2D eigenvalue weighted by atomic mass is 10.2. The zero-order valence-electron chi connectivity index (χ0n) is 11.9. The van der Waals surface area contributed by atoms with Crippen LogP contribution in [0.4, 0.5) is 5.69 Å². The van der Waals surface area contributed by atoms with Crippen LogP contribution in [0.5, 0.6) is 5.75 Å². The molecule has 3 rings (SSSR count). The molecule has 0 aliphatic rings. The lowest BCUT2D eigenvalue weighted by Crippen LogP contribution is -2.30. The highest BCUT2D eigenvalue weighted by Gasteiger charge is 2.13. The van der Waals surface area contributed by atoms with Gasteiger partial charge in [0.2, 0.25) is 0 Å². The summed E-state index contributed by atoms with van der Waals surface area (Å²) in [5.41, 5.74) is -0.422. The highest BCUT2D eigenvalue weighted by molar-refractivity contribution is 5.77. The summed E-state index contributed by atoms with van der Waals surface area (Å²) in [5, 5.41) is 10.9. The molecule has 0 amide bonds. The first-order valence-corrected chi connectivity index (χ1v) is 6.50. The van der Waals surface area contributed by atoms with Gasteiger partial charge in [0.15, 0.2) is 0 Å². The highest BCUT2D eigenvalue weighted by Crippen LogP contribution is 2.18. The number of hydrogen-bond donors (Lipinski definition) is 0. The average molecular weight is 314 g/mol. The van der Waals surface area contributed by atoms with Crippen LogP contribution >= 0.6 is 0 Å². The summed E-state index contributed by atoms with van der Waals surface area (Å²) in [6.07, 6.45) is 0. The molecular formula is C15H10N2O6. The highest BCUT2D eigenvalue weighted by atomic mass is 16.6. The fourth-order valence-corrected chi connectivity index (χ4v) is 2.18. The fraction of sp³-hybridized carbons (Fsp3) is 0.0667. The number of non-ortho nitro benzene ring substituents is 1. The molecule has 1 aromatic heterocycles. The molecule has 0 spiro atoms. The Labute approximate surface area is 128 Å². The summed E-state index contributed by atoms with van der Waals surface area (Å²) in [4.78, 5) is 34.7. The number of aromatic nitrogens is 1. The van der Waals surface area contributed by atoms with Crippen molar-refractivity contribution in [3.63, 3.8) is 0 Å². The van der Waals surface area contributed by atoms with Gasteiger partial charge in [0.25, 0.3) is 11.2 Å². The van der Waals surface area contributed by atoms with Gasteiger partial charge in [-0.15, -0.1) is 0 Å². The summed E-state index contributed by atoms with van der Waals surface area (Å²) in [7, 11) is 1.46. The Morgan fingerprint density at radius 1 is 1.13 bits per heavy atom. The molecule has 0 bridgehead atoms. The second kappa shape index (κ2) is 5.41. The number of ether oxygens (including phenoxy) is 1. The number of fused-ring (bicyclic) bond motifs is 1. The lowest BCUT2D eigenvalue weighted by molar-refractivity contribution is -0.384. The predicted molar refractivity (Wildman–Crippen MR) is 81.3 cm³/mol. The second-order valence-corrected chi connectivity index (χ2v) is 4.64. The largest absolute Gasteiger partial charge is 0.497 e. The maximum Gasteiger partial charge on any atom is 0.426 e. The first kappa shape index (κ1) is 14.5. The molecule has 2 aromatic carbocycles. The van der Waals surface area contributed by atoms with E-state index in [2.05, 4.69) is 0 Å². The first-order chi connectivity index (χ1) is 11.0. The molecule has 0 radical (unpaired) electrons. The molecular weight excluding hydrogens is 304 g/mol. The summed E-state index contributed by atoms with van der Waals surface area (Å²) in [6.45, 7) is 0. The minimum atomic E-state index is -0.885. The zero-order chi connectivity index (χ0) is 16.6. The molecule has 0 aliphatic carbocycles. The molecule has 1 heterocycles. The van der Waals surface area contributed by atoms with Crippen LogP contribution in [0.2, 0.25) is 0 Å². The van der Waals surface area contributed by atoms with E-state index in [4.69, 9.17) is 9.15 Å². The van der Waals surface area contributed by atoms with E-state index in [1.165, 1.54) is 43.5 Å². The van der Waals surface area contributed by atoms with Crippen molar-refractivity contribution in [3.05, 3.63) is 73.5 Å². The van der Waals surface area contributed by atoms with Crippen molar-refractivity contribution >= 4 is 16.7 Å². The van der Waals surface area contributed by atoms with E-state index in [1.807, 2.05) is 0 Å². The third kappa shape index (κ3) is 2.46. The van der Waals surface area contributed by atoms with Gasteiger partial charge in [0.1, 0.15) is 11.3 Å². The maximum absolute atomic E-state index is 12.5. The van der Waals surface area contributed by atoms with Crippen molar-refractivity contribution in [1.29, 1.82) is 0 Å². The summed E-state index contributed by atoms with van der Waals surface area (Å²) >= 11 is 0. The van der Waals surface area contributed by atoms with Crippen molar-refractivity contribution in [2.24, 2.45) is 0 Å². The number of nitro groups is 1. The van der Waals surface area contributed by atoms with Crippen LogP contribution in [-0.2, 0) is 0 Å². The third-order valence-corrected chi connectivity index (χ3v) is 3.32. The minimum Gasteiger partial charge on any atom is -0.497 e. The van der Waals surface area contributed by atoms with Crippen LogP contribution in [0.3, 0.4) is 0 Å². The van der Waals surface area contributed by atoms with E-state index in [-0.39, 0.29) is 22.3 Å². The molecule has 0 fully saturated rings. The van der Waals surface area contributed by atoms with Crippen LogP contribution in [-0.4, -0.2) is 16.6 Å². The van der Waals surface area contributed by atoms with Gasteiger partial charge in [0.05, 0.1) is 23.1 Å². The SMILES string of the molecule is COc1ccc2c(=O)n(-c3ccc([N+](=O)[O-])cc3)c(=O)oc2c1.